The molecule has 0 aromatic carbocycles. The van der Waals surface area contributed by atoms with Crippen molar-refractivity contribution in [2.24, 2.45) is 0 Å². The molecular weight excluding hydrogens is 256 g/mol. The van der Waals surface area contributed by atoms with Gasteiger partial charge in [-0.25, -0.2) is 5.43 Å². The maximum absolute atomic E-state index is 11.5. The summed E-state index contributed by atoms with van der Waals surface area (Å²) < 4.78 is 0. The van der Waals surface area contributed by atoms with Crippen molar-refractivity contribution in [3.8, 4) is 6.07 Å². The van der Waals surface area contributed by atoms with Crippen LogP contribution in [-0.2, 0) is 9.59 Å². The lowest BCUT2D eigenvalue weighted by Crippen LogP contribution is -2.39. The Labute approximate surface area is 109 Å². The standard InChI is InChI=1S/C10H14N4O3S/c1-14-9(17)6-18-10(14)7(5-11)4-8(16)13-12-2-3-15/h12,15H,2-4,6H2,1H3,(H,13,16)/b10-7+. The van der Waals surface area contributed by atoms with Gasteiger partial charge in [-0.3, -0.25) is 15.0 Å². The van der Waals surface area contributed by atoms with Crippen molar-refractivity contribution in [1.29, 1.82) is 5.26 Å². The number of rotatable bonds is 5. The Hall–Kier alpha value is -1.56. The zero-order valence-electron chi connectivity index (χ0n) is 9.89. The number of aliphatic hydroxyl groups is 1. The van der Waals surface area contributed by atoms with Crippen LogP contribution in [0.2, 0.25) is 0 Å². The molecule has 1 aliphatic heterocycles. The van der Waals surface area contributed by atoms with E-state index in [1.807, 2.05) is 6.07 Å². The highest BCUT2D eigenvalue weighted by Crippen LogP contribution is 2.30. The zero-order chi connectivity index (χ0) is 13.5. The van der Waals surface area contributed by atoms with Crippen LogP contribution in [0.3, 0.4) is 0 Å². The average molecular weight is 270 g/mol. The molecule has 0 aromatic heterocycles. The number of amides is 2. The average Bonchev–Trinajstić information content (AvgIpc) is 2.68. The minimum Gasteiger partial charge on any atom is -0.395 e. The van der Waals surface area contributed by atoms with E-state index in [0.29, 0.717) is 10.8 Å². The Morgan fingerprint density at radius 3 is 2.89 bits per heavy atom. The first-order valence-electron chi connectivity index (χ1n) is 5.25. The highest BCUT2D eigenvalue weighted by molar-refractivity contribution is 8.04. The molecule has 0 bridgehead atoms. The smallest absolute Gasteiger partial charge is 0.239 e. The minimum atomic E-state index is -0.388. The van der Waals surface area contributed by atoms with Gasteiger partial charge in [-0.05, 0) is 0 Å². The topological polar surface area (TPSA) is 105 Å². The van der Waals surface area contributed by atoms with E-state index < -0.39 is 0 Å². The van der Waals surface area contributed by atoms with Crippen LogP contribution in [0, 0.1) is 11.3 Å². The van der Waals surface area contributed by atoms with Crippen LogP contribution >= 0.6 is 11.8 Å². The van der Waals surface area contributed by atoms with Crippen molar-refractivity contribution in [2.45, 2.75) is 6.42 Å². The van der Waals surface area contributed by atoms with Gasteiger partial charge in [0.1, 0.15) is 0 Å². The molecule has 0 spiro atoms. The van der Waals surface area contributed by atoms with Gasteiger partial charge in [0.15, 0.2) is 0 Å². The fourth-order valence-electron chi connectivity index (χ4n) is 1.31. The van der Waals surface area contributed by atoms with Gasteiger partial charge < -0.3 is 10.0 Å². The lowest BCUT2D eigenvalue weighted by atomic mass is 10.2. The van der Waals surface area contributed by atoms with E-state index in [4.69, 9.17) is 10.4 Å². The Bertz CT molecular complexity index is 416. The third-order valence-electron chi connectivity index (χ3n) is 2.21. The van der Waals surface area contributed by atoms with Crippen LogP contribution in [0.15, 0.2) is 10.6 Å². The van der Waals surface area contributed by atoms with Crippen molar-refractivity contribution in [3.63, 3.8) is 0 Å². The van der Waals surface area contributed by atoms with Crippen LogP contribution in [0.25, 0.3) is 0 Å². The highest BCUT2D eigenvalue weighted by atomic mass is 32.2. The largest absolute Gasteiger partial charge is 0.395 e. The summed E-state index contributed by atoms with van der Waals surface area (Å²) in [7, 11) is 1.58. The van der Waals surface area contributed by atoms with E-state index in [-0.39, 0.29) is 37.0 Å². The molecule has 0 aliphatic carbocycles. The number of aliphatic hydroxyl groups excluding tert-OH is 1. The summed E-state index contributed by atoms with van der Waals surface area (Å²) in [5, 5.41) is 18.1. The van der Waals surface area contributed by atoms with Crippen LogP contribution < -0.4 is 10.9 Å². The number of hydrazine groups is 1. The molecule has 0 aromatic rings. The Kier molecular flexibility index (Phi) is 5.64. The van der Waals surface area contributed by atoms with E-state index in [0.717, 1.165) is 0 Å². The second-order valence-corrected chi connectivity index (χ2v) is 4.48. The molecule has 1 heterocycles. The molecule has 3 N–H and O–H groups in total. The van der Waals surface area contributed by atoms with Gasteiger partial charge in [-0.2, -0.15) is 5.26 Å². The summed E-state index contributed by atoms with van der Waals surface area (Å²) in [6, 6.07) is 1.94. The van der Waals surface area contributed by atoms with E-state index in [2.05, 4.69) is 10.9 Å². The van der Waals surface area contributed by atoms with Crippen LogP contribution in [0.1, 0.15) is 6.42 Å². The summed E-state index contributed by atoms with van der Waals surface area (Å²) in [6.45, 7) is 0.136. The third-order valence-corrected chi connectivity index (χ3v) is 3.39. The Morgan fingerprint density at radius 2 is 2.39 bits per heavy atom. The van der Waals surface area contributed by atoms with E-state index in [9.17, 15) is 9.59 Å². The molecule has 0 radical (unpaired) electrons. The normalized spacial score (nSPS) is 17.6. The monoisotopic (exact) mass is 270 g/mol. The van der Waals surface area contributed by atoms with Crippen molar-refractivity contribution in [2.75, 3.05) is 26.0 Å². The number of carbonyl (C=O) groups excluding carboxylic acids is 2. The molecule has 1 aliphatic rings. The SMILES string of the molecule is CN1C(=O)CS/C1=C(/C#N)CC(=O)NNCCO. The molecule has 1 fully saturated rings. The Morgan fingerprint density at radius 1 is 1.67 bits per heavy atom. The fourth-order valence-corrected chi connectivity index (χ4v) is 2.35. The molecule has 0 saturated carbocycles. The molecular formula is C10H14N4O3S. The van der Waals surface area contributed by atoms with Crippen molar-refractivity contribution in [3.05, 3.63) is 10.6 Å². The van der Waals surface area contributed by atoms with Crippen molar-refractivity contribution in [1.82, 2.24) is 15.8 Å². The van der Waals surface area contributed by atoms with E-state index >= 15 is 0 Å². The van der Waals surface area contributed by atoms with E-state index in [1.165, 1.54) is 16.7 Å². The zero-order valence-corrected chi connectivity index (χ0v) is 10.7. The number of nitrogens with zero attached hydrogens (tertiary/aromatic N) is 2. The van der Waals surface area contributed by atoms with Gasteiger partial charge in [0.05, 0.1) is 35.5 Å². The molecule has 2 amide bonds. The molecule has 0 unspecified atom stereocenters. The van der Waals surface area contributed by atoms with Crippen molar-refractivity contribution < 1.29 is 14.7 Å². The summed E-state index contributed by atoms with van der Waals surface area (Å²) in [5.74, 6) is -0.177. The molecule has 1 saturated heterocycles. The summed E-state index contributed by atoms with van der Waals surface area (Å²) in [5.41, 5.74) is 5.12. The first-order chi connectivity index (χ1) is 8.60. The maximum atomic E-state index is 11.5. The van der Waals surface area contributed by atoms with Gasteiger partial charge in [0.2, 0.25) is 11.8 Å². The molecule has 1 rings (SSSR count). The van der Waals surface area contributed by atoms with Gasteiger partial charge in [-0.1, -0.05) is 11.8 Å². The van der Waals surface area contributed by atoms with Crippen molar-refractivity contribution >= 4 is 23.6 Å². The third kappa shape index (κ3) is 3.73. The number of nitriles is 1. The second kappa shape index (κ2) is 7.00. The minimum absolute atomic E-state index is 0.0819. The number of hydrogen-bond donors (Lipinski definition) is 3. The van der Waals surface area contributed by atoms with Crippen LogP contribution in [0.4, 0.5) is 0 Å². The quantitative estimate of drug-likeness (QED) is 0.334. The summed E-state index contributed by atoms with van der Waals surface area (Å²) >= 11 is 1.25. The first-order valence-corrected chi connectivity index (χ1v) is 6.24. The van der Waals surface area contributed by atoms with Gasteiger partial charge in [-0.15, -0.1) is 0 Å². The molecule has 98 valence electrons. The van der Waals surface area contributed by atoms with E-state index in [1.54, 1.807) is 7.05 Å². The van der Waals surface area contributed by atoms with Crippen LogP contribution in [0.5, 0.6) is 0 Å². The molecule has 8 heteroatoms. The molecule has 0 atom stereocenters. The number of thioether (sulfide) groups is 1. The van der Waals surface area contributed by atoms with Gasteiger partial charge in [0, 0.05) is 13.6 Å². The molecule has 18 heavy (non-hydrogen) atoms. The predicted molar refractivity (Wildman–Crippen MR) is 65.7 cm³/mol. The lowest BCUT2D eigenvalue weighted by Gasteiger charge is -2.12. The van der Waals surface area contributed by atoms with Gasteiger partial charge >= 0.3 is 0 Å². The summed E-state index contributed by atoms with van der Waals surface area (Å²) in [6.07, 6.45) is -0.102. The number of carbonyl (C=O) groups is 2. The molecule has 7 nitrogen and oxygen atoms in total. The fraction of sp³-hybridized carbons (Fsp3) is 0.500. The number of hydrogen-bond acceptors (Lipinski definition) is 6. The van der Waals surface area contributed by atoms with Crippen LogP contribution in [-0.4, -0.2) is 47.8 Å². The lowest BCUT2D eigenvalue weighted by molar-refractivity contribution is -0.124. The first kappa shape index (κ1) is 14.5. The second-order valence-electron chi connectivity index (χ2n) is 3.51. The Balaban J connectivity index is 2.63. The predicted octanol–water partition coefficient (Wildman–Crippen LogP) is -1.07. The summed E-state index contributed by atoms with van der Waals surface area (Å²) in [4.78, 5) is 24.2. The number of nitrogens with one attached hydrogen (secondary N) is 2. The maximum Gasteiger partial charge on any atom is 0.239 e. The highest BCUT2D eigenvalue weighted by Gasteiger charge is 2.26. The van der Waals surface area contributed by atoms with Gasteiger partial charge in [0.25, 0.3) is 0 Å².